The Bertz CT molecular complexity index is 195. The van der Waals surface area contributed by atoms with Gasteiger partial charge in [-0.25, -0.2) is 4.98 Å². The molecule has 0 amide bonds. The van der Waals surface area contributed by atoms with Crippen LogP contribution in [0.3, 0.4) is 0 Å². The lowest BCUT2D eigenvalue weighted by Crippen LogP contribution is -1.99. The van der Waals surface area contributed by atoms with E-state index in [1.165, 1.54) is 12.7 Å². The zero-order chi connectivity index (χ0) is 6.69. The molecular formula is C5H4ClNO2. The highest BCUT2D eigenvalue weighted by Gasteiger charge is 2.04. The minimum absolute atomic E-state index is 0.0491. The Hall–Kier alpha value is -0.830. The van der Waals surface area contributed by atoms with Crippen molar-refractivity contribution in [3.05, 3.63) is 18.4 Å². The molecule has 0 unspecified atom stereocenters. The number of hydrogen-bond donors (Lipinski definition) is 0. The summed E-state index contributed by atoms with van der Waals surface area (Å²) >= 11 is 5.21. The minimum atomic E-state index is -0.217. The first-order chi connectivity index (χ1) is 4.34. The van der Waals surface area contributed by atoms with Crippen LogP contribution in [0.1, 0.15) is 10.5 Å². The number of alkyl halides is 1. The van der Waals surface area contributed by atoms with E-state index in [1.807, 2.05) is 0 Å². The highest BCUT2D eigenvalue weighted by atomic mass is 35.5. The molecule has 0 bridgehead atoms. The monoisotopic (exact) mass is 145 g/mol. The van der Waals surface area contributed by atoms with Crippen molar-refractivity contribution in [2.45, 2.75) is 0 Å². The van der Waals surface area contributed by atoms with E-state index in [9.17, 15) is 4.79 Å². The quantitative estimate of drug-likeness (QED) is 0.462. The molecule has 0 atom stereocenters. The molecule has 0 aliphatic rings. The molecule has 1 aromatic heterocycles. The fourth-order valence-corrected chi connectivity index (χ4v) is 0.556. The normalized spacial score (nSPS) is 9.44. The third-order valence-electron chi connectivity index (χ3n) is 0.839. The molecule has 0 saturated heterocycles. The molecule has 0 aromatic carbocycles. The Labute approximate surface area is 56.6 Å². The number of halogens is 1. The third-order valence-corrected chi connectivity index (χ3v) is 1.08. The van der Waals surface area contributed by atoms with Gasteiger partial charge >= 0.3 is 0 Å². The second-order valence-electron chi connectivity index (χ2n) is 1.43. The number of ketones is 1. The van der Waals surface area contributed by atoms with E-state index in [4.69, 9.17) is 11.6 Å². The van der Waals surface area contributed by atoms with Gasteiger partial charge in [0.1, 0.15) is 12.0 Å². The van der Waals surface area contributed by atoms with Gasteiger partial charge in [0.05, 0.1) is 5.88 Å². The number of oxazole rings is 1. The summed E-state index contributed by atoms with van der Waals surface area (Å²) in [6.07, 6.45) is 2.46. The van der Waals surface area contributed by atoms with Crippen LogP contribution in [0.25, 0.3) is 0 Å². The van der Waals surface area contributed by atoms with Crippen molar-refractivity contribution in [2.24, 2.45) is 0 Å². The maximum Gasteiger partial charge on any atom is 0.199 e. The average Bonchev–Trinajstić information content (AvgIpc) is 2.37. The highest BCUT2D eigenvalue weighted by Crippen LogP contribution is 1.96. The molecule has 0 aliphatic carbocycles. The standard InChI is InChI=1S/C5H4ClNO2/c6-1-5(8)4-2-9-3-7-4/h2-3H,1H2. The molecule has 0 fully saturated rings. The van der Waals surface area contributed by atoms with Crippen LogP contribution in [0, 0.1) is 0 Å². The Morgan fingerprint density at radius 3 is 3.11 bits per heavy atom. The smallest absolute Gasteiger partial charge is 0.199 e. The number of aromatic nitrogens is 1. The second kappa shape index (κ2) is 2.64. The molecule has 0 saturated carbocycles. The van der Waals surface area contributed by atoms with Crippen LogP contribution in [0.4, 0.5) is 0 Å². The predicted octanol–water partition coefficient (Wildman–Crippen LogP) is 1.10. The summed E-state index contributed by atoms with van der Waals surface area (Å²) in [5, 5.41) is 0. The van der Waals surface area contributed by atoms with Gasteiger partial charge in [-0.3, -0.25) is 4.79 Å². The fraction of sp³-hybridized carbons (Fsp3) is 0.200. The number of carbonyl (C=O) groups excluding carboxylic acids is 1. The molecule has 9 heavy (non-hydrogen) atoms. The van der Waals surface area contributed by atoms with E-state index in [1.54, 1.807) is 0 Å². The van der Waals surface area contributed by atoms with Gasteiger partial charge < -0.3 is 4.42 Å². The van der Waals surface area contributed by atoms with Gasteiger partial charge in [-0.2, -0.15) is 0 Å². The van der Waals surface area contributed by atoms with Gasteiger partial charge in [-0.1, -0.05) is 0 Å². The van der Waals surface area contributed by atoms with E-state index in [0.29, 0.717) is 0 Å². The molecular weight excluding hydrogens is 142 g/mol. The van der Waals surface area contributed by atoms with Crippen LogP contribution >= 0.6 is 11.6 Å². The SMILES string of the molecule is O=C(CCl)c1cocn1. The first kappa shape index (κ1) is 6.29. The summed E-state index contributed by atoms with van der Waals surface area (Å²) in [6, 6.07) is 0. The molecule has 0 radical (unpaired) electrons. The van der Waals surface area contributed by atoms with Crippen LogP contribution in [-0.2, 0) is 0 Å². The van der Waals surface area contributed by atoms with Crippen LogP contribution in [0.5, 0.6) is 0 Å². The zero-order valence-electron chi connectivity index (χ0n) is 4.50. The maximum absolute atomic E-state index is 10.6. The zero-order valence-corrected chi connectivity index (χ0v) is 5.26. The Morgan fingerprint density at radius 1 is 1.89 bits per heavy atom. The van der Waals surface area contributed by atoms with E-state index in [2.05, 4.69) is 9.40 Å². The van der Waals surface area contributed by atoms with E-state index in [0.717, 1.165) is 0 Å². The lowest BCUT2D eigenvalue weighted by Gasteiger charge is -1.82. The molecule has 3 nitrogen and oxygen atoms in total. The van der Waals surface area contributed by atoms with Gasteiger partial charge in [0.2, 0.25) is 0 Å². The minimum Gasteiger partial charge on any atom is -0.451 e. The lowest BCUT2D eigenvalue weighted by molar-refractivity contribution is 0.101. The van der Waals surface area contributed by atoms with Crippen molar-refractivity contribution in [1.29, 1.82) is 0 Å². The highest BCUT2D eigenvalue weighted by molar-refractivity contribution is 6.30. The number of carbonyl (C=O) groups is 1. The summed E-state index contributed by atoms with van der Waals surface area (Å²) in [5.74, 6) is -0.266. The van der Waals surface area contributed by atoms with E-state index in [-0.39, 0.29) is 17.4 Å². The number of Topliss-reactive ketones (excluding diaryl/α,β-unsaturated/α-hetero) is 1. The van der Waals surface area contributed by atoms with Crippen LogP contribution in [0.15, 0.2) is 17.1 Å². The van der Waals surface area contributed by atoms with Crippen LogP contribution in [-0.4, -0.2) is 16.6 Å². The molecule has 4 heteroatoms. The lowest BCUT2D eigenvalue weighted by atomic mass is 10.3. The number of nitrogens with zero attached hydrogens (tertiary/aromatic N) is 1. The van der Waals surface area contributed by atoms with Crippen molar-refractivity contribution in [3.63, 3.8) is 0 Å². The van der Waals surface area contributed by atoms with Crippen molar-refractivity contribution in [1.82, 2.24) is 4.98 Å². The van der Waals surface area contributed by atoms with Crippen LogP contribution < -0.4 is 0 Å². The second-order valence-corrected chi connectivity index (χ2v) is 1.70. The van der Waals surface area contributed by atoms with Gasteiger partial charge in [0.15, 0.2) is 12.2 Å². The van der Waals surface area contributed by atoms with Crippen molar-refractivity contribution in [3.8, 4) is 0 Å². The Balaban J connectivity index is 2.77. The average molecular weight is 146 g/mol. The van der Waals surface area contributed by atoms with Gasteiger partial charge in [0.25, 0.3) is 0 Å². The maximum atomic E-state index is 10.6. The third kappa shape index (κ3) is 1.29. The molecule has 0 spiro atoms. The number of hydrogen-bond acceptors (Lipinski definition) is 3. The van der Waals surface area contributed by atoms with Crippen LogP contribution in [0.2, 0.25) is 0 Å². The largest absolute Gasteiger partial charge is 0.451 e. The fourth-order valence-electron chi connectivity index (χ4n) is 0.419. The van der Waals surface area contributed by atoms with Crippen molar-refractivity contribution in [2.75, 3.05) is 5.88 Å². The summed E-state index contributed by atoms with van der Waals surface area (Å²) in [6.45, 7) is 0. The summed E-state index contributed by atoms with van der Waals surface area (Å²) in [5.41, 5.74) is 0.282. The topological polar surface area (TPSA) is 43.1 Å². The molecule has 0 N–H and O–H groups in total. The van der Waals surface area contributed by atoms with Gasteiger partial charge in [0, 0.05) is 0 Å². The Morgan fingerprint density at radius 2 is 2.67 bits per heavy atom. The predicted molar refractivity (Wildman–Crippen MR) is 31.6 cm³/mol. The first-order valence-corrected chi connectivity index (χ1v) is 2.85. The summed E-state index contributed by atoms with van der Waals surface area (Å²) < 4.78 is 4.55. The van der Waals surface area contributed by atoms with E-state index >= 15 is 0 Å². The van der Waals surface area contributed by atoms with Crippen molar-refractivity contribution < 1.29 is 9.21 Å². The van der Waals surface area contributed by atoms with Crippen molar-refractivity contribution >= 4 is 17.4 Å². The molecule has 1 rings (SSSR count). The Kier molecular flexibility index (Phi) is 1.85. The summed E-state index contributed by atoms with van der Waals surface area (Å²) in [7, 11) is 0. The molecule has 48 valence electrons. The number of rotatable bonds is 2. The molecule has 1 heterocycles. The summed E-state index contributed by atoms with van der Waals surface area (Å²) in [4.78, 5) is 14.2. The molecule has 1 aromatic rings. The van der Waals surface area contributed by atoms with Gasteiger partial charge in [-0.05, 0) is 0 Å². The van der Waals surface area contributed by atoms with Gasteiger partial charge in [-0.15, -0.1) is 11.6 Å². The van der Waals surface area contributed by atoms with E-state index < -0.39 is 0 Å². The molecule has 0 aliphatic heterocycles. The first-order valence-electron chi connectivity index (χ1n) is 2.32.